The second-order valence-corrected chi connectivity index (χ2v) is 6.51. The van der Waals surface area contributed by atoms with E-state index < -0.39 is 0 Å². The molecule has 0 fully saturated rings. The molecule has 0 saturated carbocycles. The number of anilines is 2. The molecule has 2 N–H and O–H groups in total. The summed E-state index contributed by atoms with van der Waals surface area (Å²) < 4.78 is 1.76. The Morgan fingerprint density at radius 1 is 1.15 bits per heavy atom. The number of benzene rings is 2. The van der Waals surface area contributed by atoms with Gasteiger partial charge in [-0.1, -0.05) is 49.4 Å². The lowest BCUT2D eigenvalue weighted by atomic mass is 9.94. The zero-order valence-electron chi connectivity index (χ0n) is 15.3. The summed E-state index contributed by atoms with van der Waals surface area (Å²) >= 11 is 0. The molecule has 27 heavy (non-hydrogen) atoms. The number of carbonyl (C=O) groups is 1. The fourth-order valence-corrected chi connectivity index (χ4v) is 3.35. The van der Waals surface area contributed by atoms with Crippen LogP contribution in [0.1, 0.15) is 31.0 Å². The van der Waals surface area contributed by atoms with Gasteiger partial charge in [-0.25, -0.2) is 4.68 Å². The Hall–Kier alpha value is -3.41. The first-order chi connectivity index (χ1) is 13.2. The lowest BCUT2D eigenvalue weighted by molar-refractivity contribution is -0.113. The zero-order chi connectivity index (χ0) is 18.8. The van der Waals surface area contributed by atoms with Crippen LogP contribution in [0.4, 0.5) is 11.6 Å². The molecular formula is C21H21N5O. The van der Waals surface area contributed by atoms with Crippen molar-refractivity contribution in [3.05, 3.63) is 83.3 Å². The van der Waals surface area contributed by atoms with E-state index in [4.69, 9.17) is 0 Å². The molecule has 2 aromatic carbocycles. The highest BCUT2D eigenvalue weighted by Crippen LogP contribution is 2.35. The fourth-order valence-electron chi connectivity index (χ4n) is 3.35. The van der Waals surface area contributed by atoms with Crippen LogP contribution < -0.4 is 10.6 Å². The topological polar surface area (TPSA) is 71.8 Å². The number of rotatable bonds is 4. The molecule has 136 valence electrons. The second-order valence-electron chi connectivity index (χ2n) is 6.51. The number of allylic oxidation sites excluding steroid dienone is 1. The first kappa shape index (κ1) is 17.0. The van der Waals surface area contributed by atoms with E-state index in [1.165, 1.54) is 11.9 Å². The summed E-state index contributed by atoms with van der Waals surface area (Å²) in [5, 5.41) is 10.5. The molecule has 1 unspecified atom stereocenters. The van der Waals surface area contributed by atoms with Gasteiger partial charge in [0.05, 0.1) is 5.57 Å². The summed E-state index contributed by atoms with van der Waals surface area (Å²) in [6, 6.07) is 17.4. The summed E-state index contributed by atoms with van der Waals surface area (Å²) in [5.74, 6) is 0.477. The molecule has 1 amide bonds. The third kappa shape index (κ3) is 3.21. The monoisotopic (exact) mass is 359 g/mol. The van der Waals surface area contributed by atoms with Gasteiger partial charge < -0.3 is 10.6 Å². The van der Waals surface area contributed by atoms with Crippen molar-refractivity contribution in [2.45, 2.75) is 26.3 Å². The minimum absolute atomic E-state index is 0.156. The van der Waals surface area contributed by atoms with Crippen LogP contribution >= 0.6 is 0 Å². The summed E-state index contributed by atoms with van der Waals surface area (Å²) in [6.07, 6.45) is 2.47. The highest BCUT2D eigenvalue weighted by atomic mass is 16.1. The van der Waals surface area contributed by atoms with Crippen molar-refractivity contribution >= 4 is 17.5 Å². The van der Waals surface area contributed by atoms with Crippen LogP contribution in [0, 0.1) is 0 Å². The summed E-state index contributed by atoms with van der Waals surface area (Å²) in [6.45, 7) is 4.02. The quantitative estimate of drug-likeness (QED) is 0.744. The maximum absolute atomic E-state index is 13.1. The van der Waals surface area contributed by atoms with Crippen LogP contribution in [0.15, 0.2) is 72.2 Å². The van der Waals surface area contributed by atoms with E-state index in [1.807, 2.05) is 37.3 Å². The van der Waals surface area contributed by atoms with E-state index in [2.05, 4.69) is 51.9 Å². The SMILES string of the molecule is CCc1ccc(C2C(C(=O)Nc3ccccc3)=C(C)Nc3ncnn32)cc1. The Balaban J connectivity index is 1.75. The molecule has 6 nitrogen and oxygen atoms in total. The highest BCUT2D eigenvalue weighted by molar-refractivity contribution is 6.06. The number of para-hydroxylation sites is 1. The van der Waals surface area contributed by atoms with Crippen molar-refractivity contribution in [3.8, 4) is 0 Å². The first-order valence-electron chi connectivity index (χ1n) is 9.00. The molecule has 0 aliphatic carbocycles. The summed E-state index contributed by atoms with van der Waals surface area (Å²) in [7, 11) is 0. The van der Waals surface area contributed by atoms with Crippen molar-refractivity contribution in [3.63, 3.8) is 0 Å². The van der Waals surface area contributed by atoms with E-state index in [0.29, 0.717) is 11.5 Å². The average molecular weight is 359 g/mol. The molecule has 2 heterocycles. The Morgan fingerprint density at radius 2 is 1.89 bits per heavy atom. The van der Waals surface area contributed by atoms with Crippen molar-refractivity contribution in [1.29, 1.82) is 0 Å². The summed E-state index contributed by atoms with van der Waals surface area (Å²) in [4.78, 5) is 17.4. The molecule has 1 atom stereocenters. The maximum atomic E-state index is 13.1. The predicted molar refractivity (Wildman–Crippen MR) is 105 cm³/mol. The molecule has 6 heteroatoms. The highest BCUT2D eigenvalue weighted by Gasteiger charge is 2.33. The fraction of sp³-hybridized carbons (Fsp3) is 0.190. The second kappa shape index (κ2) is 7.07. The number of carbonyl (C=O) groups excluding carboxylic acids is 1. The molecule has 0 bridgehead atoms. The minimum atomic E-state index is -0.335. The van der Waals surface area contributed by atoms with Gasteiger partial charge in [-0.05, 0) is 36.6 Å². The van der Waals surface area contributed by atoms with Crippen LogP contribution in [0.5, 0.6) is 0 Å². The van der Waals surface area contributed by atoms with Crippen molar-refractivity contribution in [2.75, 3.05) is 10.6 Å². The third-order valence-electron chi connectivity index (χ3n) is 4.77. The van der Waals surface area contributed by atoms with E-state index >= 15 is 0 Å². The van der Waals surface area contributed by atoms with Crippen LogP contribution in [0.25, 0.3) is 0 Å². The summed E-state index contributed by atoms with van der Waals surface area (Å²) in [5.41, 5.74) is 4.40. The van der Waals surface area contributed by atoms with Gasteiger partial charge in [-0.15, -0.1) is 0 Å². The van der Waals surface area contributed by atoms with Gasteiger partial charge in [0, 0.05) is 11.4 Å². The maximum Gasteiger partial charge on any atom is 0.255 e. The van der Waals surface area contributed by atoms with Gasteiger partial charge in [0.2, 0.25) is 5.95 Å². The van der Waals surface area contributed by atoms with Crippen LogP contribution in [-0.4, -0.2) is 20.7 Å². The molecule has 0 spiro atoms. The van der Waals surface area contributed by atoms with Gasteiger partial charge >= 0.3 is 0 Å². The number of aryl methyl sites for hydroxylation is 1. The van der Waals surface area contributed by atoms with Crippen molar-refractivity contribution in [1.82, 2.24) is 14.8 Å². The number of fused-ring (bicyclic) bond motifs is 1. The smallest absolute Gasteiger partial charge is 0.255 e. The number of amides is 1. The van der Waals surface area contributed by atoms with Gasteiger partial charge in [0.25, 0.3) is 5.91 Å². The third-order valence-corrected chi connectivity index (χ3v) is 4.77. The Morgan fingerprint density at radius 3 is 2.59 bits per heavy atom. The van der Waals surface area contributed by atoms with Gasteiger partial charge in [-0.2, -0.15) is 10.1 Å². The predicted octanol–water partition coefficient (Wildman–Crippen LogP) is 3.77. The lowest BCUT2D eigenvalue weighted by Gasteiger charge is -2.28. The molecule has 1 aliphatic rings. The lowest BCUT2D eigenvalue weighted by Crippen LogP contribution is -2.31. The van der Waals surface area contributed by atoms with Crippen LogP contribution in [0.3, 0.4) is 0 Å². The zero-order valence-corrected chi connectivity index (χ0v) is 15.3. The molecule has 3 aromatic rings. The van der Waals surface area contributed by atoms with Crippen molar-refractivity contribution < 1.29 is 4.79 Å². The number of aromatic nitrogens is 3. The van der Waals surface area contributed by atoms with Gasteiger partial charge in [0.1, 0.15) is 12.4 Å². The molecule has 0 saturated heterocycles. The molecule has 0 radical (unpaired) electrons. The van der Waals surface area contributed by atoms with Crippen LogP contribution in [0.2, 0.25) is 0 Å². The molecule has 4 rings (SSSR count). The molecular weight excluding hydrogens is 338 g/mol. The first-order valence-corrected chi connectivity index (χ1v) is 9.00. The molecule has 1 aliphatic heterocycles. The number of nitrogens with zero attached hydrogens (tertiary/aromatic N) is 3. The van der Waals surface area contributed by atoms with E-state index in [0.717, 1.165) is 23.4 Å². The van der Waals surface area contributed by atoms with Gasteiger partial charge in [-0.3, -0.25) is 4.79 Å². The standard InChI is InChI=1S/C21H21N5O/c1-3-15-9-11-16(12-10-15)19-18(14(2)24-21-22-13-23-26(19)21)20(27)25-17-7-5-4-6-8-17/h4-13,19H,3H2,1-2H3,(H,25,27)(H,22,23,24). The van der Waals surface area contributed by atoms with Gasteiger partial charge in [0.15, 0.2) is 0 Å². The van der Waals surface area contributed by atoms with E-state index in [1.54, 1.807) is 4.68 Å². The largest absolute Gasteiger partial charge is 0.328 e. The number of nitrogens with one attached hydrogen (secondary N) is 2. The number of hydrogen-bond donors (Lipinski definition) is 2. The Kier molecular flexibility index (Phi) is 4.46. The van der Waals surface area contributed by atoms with Crippen molar-refractivity contribution in [2.24, 2.45) is 0 Å². The normalized spacial score (nSPS) is 15.9. The van der Waals surface area contributed by atoms with E-state index in [9.17, 15) is 4.79 Å². The Bertz CT molecular complexity index is 989. The molecule has 1 aromatic heterocycles. The minimum Gasteiger partial charge on any atom is -0.328 e. The number of hydrogen-bond acceptors (Lipinski definition) is 4. The van der Waals surface area contributed by atoms with E-state index in [-0.39, 0.29) is 11.9 Å². The van der Waals surface area contributed by atoms with Crippen LogP contribution in [-0.2, 0) is 11.2 Å². The Labute approximate surface area is 157 Å². The average Bonchev–Trinajstić information content (AvgIpc) is 3.15.